The van der Waals surface area contributed by atoms with Crippen LogP contribution in [0.3, 0.4) is 0 Å². The number of methoxy groups -OCH3 is 1. The molecule has 3 rings (SSSR count). The minimum Gasteiger partial charge on any atom is -0.496 e. The normalized spacial score (nSPS) is 11.1. The topological polar surface area (TPSA) is 56.1 Å². The second-order valence-electron chi connectivity index (χ2n) is 6.27. The zero-order chi connectivity index (χ0) is 18.5. The van der Waals surface area contributed by atoms with Crippen LogP contribution in [0.4, 0.5) is 4.39 Å². The van der Waals surface area contributed by atoms with Gasteiger partial charge in [0.25, 0.3) is 0 Å². The van der Waals surface area contributed by atoms with Crippen molar-refractivity contribution in [1.82, 2.24) is 24.6 Å². The number of hydrogen-bond acceptors (Lipinski definition) is 5. The number of hydrogen-bond donors (Lipinski definition) is 0. The van der Waals surface area contributed by atoms with Crippen LogP contribution in [0.5, 0.6) is 5.75 Å². The minimum absolute atomic E-state index is 0.447. The van der Waals surface area contributed by atoms with Crippen molar-refractivity contribution >= 4 is 0 Å². The molecule has 0 aliphatic rings. The Hall–Kier alpha value is -2.80. The van der Waals surface area contributed by atoms with Crippen LogP contribution in [0, 0.1) is 5.82 Å². The number of likely N-dealkylation sites (N-methyl/N-ethyl adjacent to an activating group) is 1. The number of rotatable bonds is 7. The Balaban J connectivity index is 1.71. The summed E-state index contributed by atoms with van der Waals surface area (Å²) in [7, 11) is 5.60. The lowest BCUT2D eigenvalue weighted by Crippen LogP contribution is -2.20. The molecule has 0 N–H and O–H groups in total. The highest BCUT2D eigenvalue weighted by molar-refractivity contribution is 5.65. The van der Waals surface area contributed by atoms with E-state index in [4.69, 9.17) is 4.74 Å². The largest absolute Gasteiger partial charge is 0.496 e. The Morgan fingerprint density at radius 1 is 1.15 bits per heavy atom. The van der Waals surface area contributed by atoms with Gasteiger partial charge < -0.3 is 9.64 Å². The average Bonchev–Trinajstić information content (AvgIpc) is 3.06. The molecule has 0 aliphatic heterocycles. The van der Waals surface area contributed by atoms with E-state index in [2.05, 4.69) is 27.0 Å². The molecule has 0 unspecified atom stereocenters. The summed E-state index contributed by atoms with van der Waals surface area (Å²) >= 11 is 0. The van der Waals surface area contributed by atoms with Gasteiger partial charge in [0.1, 0.15) is 5.75 Å². The summed E-state index contributed by atoms with van der Waals surface area (Å²) in [5, 5.41) is 4.19. The van der Waals surface area contributed by atoms with E-state index in [1.165, 1.54) is 5.56 Å². The minimum atomic E-state index is -0.459. The molecule has 7 heteroatoms. The third-order valence-electron chi connectivity index (χ3n) is 4.12. The summed E-state index contributed by atoms with van der Waals surface area (Å²) < 4.78 is 20.3. The van der Waals surface area contributed by atoms with Gasteiger partial charge in [-0.25, -0.2) is 14.4 Å². The molecular weight excluding hydrogens is 333 g/mol. The van der Waals surface area contributed by atoms with E-state index in [0.717, 1.165) is 43.0 Å². The van der Waals surface area contributed by atoms with Crippen LogP contribution in [-0.2, 0) is 20.0 Å². The van der Waals surface area contributed by atoms with Gasteiger partial charge in [-0.3, -0.25) is 4.68 Å². The first-order chi connectivity index (χ1) is 12.5. The zero-order valence-corrected chi connectivity index (χ0v) is 15.2. The second kappa shape index (κ2) is 8.05. The third-order valence-corrected chi connectivity index (χ3v) is 4.12. The van der Waals surface area contributed by atoms with Crippen molar-refractivity contribution in [3.63, 3.8) is 0 Å². The van der Waals surface area contributed by atoms with Crippen LogP contribution in [0.15, 0.2) is 43.0 Å². The van der Waals surface area contributed by atoms with Gasteiger partial charge in [0.2, 0.25) is 0 Å². The van der Waals surface area contributed by atoms with Crippen LogP contribution in [0.2, 0.25) is 0 Å². The summed E-state index contributed by atoms with van der Waals surface area (Å²) in [4.78, 5) is 10.4. The monoisotopic (exact) mass is 355 g/mol. The van der Waals surface area contributed by atoms with Gasteiger partial charge in [-0.15, -0.1) is 0 Å². The fraction of sp³-hybridized carbons (Fsp3) is 0.316. The molecule has 0 atom stereocenters. The molecule has 136 valence electrons. The van der Waals surface area contributed by atoms with Gasteiger partial charge in [-0.05, 0) is 36.7 Å². The lowest BCUT2D eigenvalue weighted by Gasteiger charge is -2.17. The van der Waals surface area contributed by atoms with Gasteiger partial charge in [0.05, 0.1) is 31.3 Å². The highest BCUT2D eigenvalue weighted by Crippen LogP contribution is 2.28. The number of aromatic nitrogens is 4. The Labute approximate surface area is 152 Å². The molecule has 0 saturated carbocycles. The standard InChI is InChI=1S/C19H22FN5O/c1-24(7-6-15-9-23-25(2)13-15)12-14-4-5-18(26-3)17(8-14)19-21-10-16(20)11-22-19/h4-5,8-11,13H,6-7,12H2,1-3H3. The fourth-order valence-electron chi connectivity index (χ4n) is 2.79. The molecule has 0 amide bonds. The lowest BCUT2D eigenvalue weighted by molar-refractivity contribution is 0.331. The number of benzene rings is 1. The van der Waals surface area contributed by atoms with Crippen molar-refractivity contribution in [1.29, 1.82) is 0 Å². The Bertz CT molecular complexity index is 863. The summed E-state index contributed by atoms with van der Waals surface area (Å²) in [6.07, 6.45) is 7.19. The van der Waals surface area contributed by atoms with E-state index in [1.807, 2.05) is 42.3 Å². The maximum absolute atomic E-state index is 13.1. The van der Waals surface area contributed by atoms with Crippen molar-refractivity contribution in [2.45, 2.75) is 13.0 Å². The Morgan fingerprint density at radius 2 is 1.92 bits per heavy atom. The predicted octanol–water partition coefficient (Wildman–Crippen LogP) is 2.70. The average molecular weight is 355 g/mol. The van der Waals surface area contributed by atoms with Gasteiger partial charge in [-0.1, -0.05) is 6.07 Å². The molecule has 0 bridgehead atoms. The molecule has 3 aromatic rings. The molecular formula is C19H22FN5O. The maximum Gasteiger partial charge on any atom is 0.163 e. The molecule has 0 radical (unpaired) electrons. The van der Waals surface area contributed by atoms with E-state index in [1.54, 1.807) is 7.11 Å². The fourth-order valence-corrected chi connectivity index (χ4v) is 2.79. The first-order valence-corrected chi connectivity index (χ1v) is 8.36. The van der Waals surface area contributed by atoms with Crippen LogP contribution >= 0.6 is 0 Å². The highest BCUT2D eigenvalue weighted by atomic mass is 19.1. The molecule has 2 aromatic heterocycles. The summed E-state index contributed by atoms with van der Waals surface area (Å²) in [5.41, 5.74) is 3.09. The van der Waals surface area contributed by atoms with E-state index in [0.29, 0.717) is 11.6 Å². The first kappa shape index (κ1) is 18.0. The number of nitrogens with zero attached hydrogens (tertiary/aromatic N) is 5. The predicted molar refractivity (Wildman–Crippen MR) is 97.2 cm³/mol. The molecule has 0 saturated heterocycles. The number of aryl methyl sites for hydroxylation is 1. The molecule has 1 aromatic carbocycles. The van der Waals surface area contributed by atoms with Crippen LogP contribution in [0.25, 0.3) is 11.4 Å². The Kier molecular flexibility index (Phi) is 5.58. The number of ether oxygens (including phenoxy) is 1. The summed E-state index contributed by atoms with van der Waals surface area (Å²) in [5.74, 6) is 0.653. The van der Waals surface area contributed by atoms with Crippen molar-refractivity contribution in [3.05, 3.63) is 59.9 Å². The quantitative estimate of drug-likeness (QED) is 0.652. The molecule has 0 aliphatic carbocycles. The maximum atomic E-state index is 13.1. The molecule has 0 spiro atoms. The van der Waals surface area contributed by atoms with Gasteiger partial charge in [-0.2, -0.15) is 5.10 Å². The van der Waals surface area contributed by atoms with Crippen LogP contribution in [0.1, 0.15) is 11.1 Å². The molecule has 6 nitrogen and oxygen atoms in total. The van der Waals surface area contributed by atoms with Crippen molar-refractivity contribution in [2.24, 2.45) is 7.05 Å². The van der Waals surface area contributed by atoms with Crippen molar-refractivity contribution in [3.8, 4) is 17.1 Å². The molecule has 0 fully saturated rings. The van der Waals surface area contributed by atoms with E-state index >= 15 is 0 Å². The van der Waals surface area contributed by atoms with Gasteiger partial charge >= 0.3 is 0 Å². The van der Waals surface area contributed by atoms with Gasteiger partial charge in [0.15, 0.2) is 11.6 Å². The summed E-state index contributed by atoms with van der Waals surface area (Å²) in [6, 6.07) is 5.91. The van der Waals surface area contributed by atoms with E-state index < -0.39 is 5.82 Å². The lowest BCUT2D eigenvalue weighted by atomic mass is 10.1. The highest BCUT2D eigenvalue weighted by Gasteiger charge is 2.11. The molecule has 26 heavy (non-hydrogen) atoms. The SMILES string of the molecule is COc1ccc(CN(C)CCc2cnn(C)c2)cc1-c1ncc(F)cn1. The van der Waals surface area contributed by atoms with Gasteiger partial charge in [0, 0.05) is 26.3 Å². The molecule has 2 heterocycles. The second-order valence-corrected chi connectivity index (χ2v) is 6.27. The van der Waals surface area contributed by atoms with E-state index in [-0.39, 0.29) is 0 Å². The van der Waals surface area contributed by atoms with Crippen LogP contribution < -0.4 is 4.74 Å². The summed E-state index contributed by atoms with van der Waals surface area (Å²) in [6.45, 7) is 1.69. The smallest absolute Gasteiger partial charge is 0.163 e. The van der Waals surface area contributed by atoms with E-state index in [9.17, 15) is 4.39 Å². The van der Waals surface area contributed by atoms with Crippen molar-refractivity contribution < 1.29 is 9.13 Å². The van der Waals surface area contributed by atoms with Crippen molar-refractivity contribution in [2.75, 3.05) is 20.7 Å². The first-order valence-electron chi connectivity index (χ1n) is 8.36. The Morgan fingerprint density at radius 3 is 2.58 bits per heavy atom. The third kappa shape index (κ3) is 4.43. The van der Waals surface area contributed by atoms with Crippen LogP contribution in [-0.4, -0.2) is 45.4 Å². The zero-order valence-electron chi connectivity index (χ0n) is 15.2. The number of halogens is 1.